The van der Waals surface area contributed by atoms with E-state index in [-0.39, 0.29) is 12.1 Å². The van der Waals surface area contributed by atoms with E-state index >= 15 is 0 Å². The number of aromatic nitrogens is 1. The van der Waals surface area contributed by atoms with Crippen molar-refractivity contribution in [3.8, 4) is 6.07 Å². The summed E-state index contributed by atoms with van der Waals surface area (Å²) in [7, 11) is 0. The van der Waals surface area contributed by atoms with Gasteiger partial charge in [0.15, 0.2) is 0 Å². The summed E-state index contributed by atoms with van der Waals surface area (Å²) in [5, 5.41) is 14.7. The Morgan fingerprint density at radius 2 is 1.92 bits per heavy atom. The third-order valence-corrected chi connectivity index (χ3v) is 4.09. The Morgan fingerprint density at radius 3 is 2.54 bits per heavy atom. The maximum absolute atomic E-state index is 12.0. The molecule has 0 spiro atoms. The number of carbonyl (C=O) groups excluding carboxylic acids is 1. The Kier molecular flexibility index (Phi) is 4.92. The second kappa shape index (κ2) is 7.47. The molecule has 0 saturated carbocycles. The Morgan fingerprint density at radius 1 is 1.17 bits per heavy atom. The molecule has 1 aliphatic rings. The van der Waals surface area contributed by atoms with Gasteiger partial charge in [-0.3, -0.25) is 0 Å². The van der Waals surface area contributed by atoms with Crippen molar-refractivity contribution < 1.29 is 4.79 Å². The van der Waals surface area contributed by atoms with E-state index in [2.05, 4.69) is 20.5 Å². The lowest BCUT2D eigenvalue weighted by molar-refractivity contribution is 0.246. The van der Waals surface area contributed by atoms with Crippen LogP contribution < -0.4 is 15.5 Å². The highest BCUT2D eigenvalue weighted by atomic mass is 16.2. The second-order valence-corrected chi connectivity index (χ2v) is 5.74. The SMILES string of the molecule is N#Cc1ccc(N2CCC(NC(=O)Nc3ccccc3)CC2)cn1. The van der Waals surface area contributed by atoms with E-state index in [0.717, 1.165) is 37.3 Å². The van der Waals surface area contributed by atoms with Crippen LogP contribution in [0.1, 0.15) is 18.5 Å². The Labute approximate surface area is 141 Å². The van der Waals surface area contributed by atoms with Crippen LogP contribution >= 0.6 is 0 Å². The molecule has 0 aliphatic carbocycles. The van der Waals surface area contributed by atoms with Crippen LogP contribution in [0.3, 0.4) is 0 Å². The molecule has 3 rings (SSSR count). The van der Waals surface area contributed by atoms with Gasteiger partial charge in [0.1, 0.15) is 11.8 Å². The van der Waals surface area contributed by atoms with E-state index in [1.54, 1.807) is 12.3 Å². The van der Waals surface area contributed by atoms with Crippen LogP contribution in [0.5, 0.6) is 0 Å². The van der Waals surface area contributed by atoms with E-state index in [1.165, 1.54) is 0 Å². The zero-order chi connectivity index (χ0) is 16.8. The van der Waals surface area contributed by atoms with Crippen LogP contribution in [0, 0.1) is 11.3 Å². The highest BCUT2D eigenvalue weighted by Crippen LogP contribution is 2.19. The lowest BCUT2D eigenvalue weighted by atomic mass is 10.0. The number of pyridine rings is 1. The molecule has 2 amide bonds. The van der Waals surface area contributed by atoms with E-state index in [1.807, 2.05) is 42.5 Å². The number of para-hydroxylation sites is 1. The fourth-order valence-electron chi connectivity index (χ4n) is 2.80. The molecule has 0 atom stereocenters. The van der Waals surface area contributed by atoms with Gasteiger partial charge in [0, 0.05) is 24.8 Å². The van der Waals surface area contributed by atoms with Gasteiger partial charge in [-0.1, -0.05) is 18.2 Å². The summed E-state index contributed by atoms with van der Waals surface area (Å²) in [5.41, 5.74) is 2.23. The monoisotopic (exact) mass is 321 g/mol. The Hall–Kier alpha value is -3.07. The number of piperidine rings is 1. The smallest absolute Gasteiger partial charge is 0.319 e. The minimum absolute atomic E-state index is 0.163. The fraction of sp³-hybridized carbons (Fsp3) is 0.278. The normalized spacial score (nSPS) is 14.7. The number of amides is 2. The molecule has 24 heavy (non-hydrogen) atoms. The molecule has 2 aromatic rings. The molecular formula is C18H19N5O. The van der Waals surface area contributed by atoms with Gasteiger partial charge in [-0.05, 0) is 37.1 Å². The predicted octanol–water partition coefficient (Wildman–Crippen LogP) is 2.74. The summed E-state index contributed by atoms with van der Waals surface area (Å²) in [5.74, 6) is 0. The standard InChI is InChI=1S/C18H19N5O/c19-12-16-6-7-17(13-20-16)23-10-8-15(9-11-23)22-18(24)21-14-4-2-1-3-5-14/h1-7,13,15H,8-11H2,(H2,21,22,24). The number of carbonyl (C=O) groups is 1. The summed E-state index contributed by atoms with van der Waals surface area (Å²) in [6.07, 6.45) is 3.48. The molecule has 0 bridgehead atoms. The third-order valence-electron chi connectivity index (χ3n) is 4.09. The topological polar surface area (TPSA) is 81.0 Å². The van der Waals surface area contributed by atoms with Crippen molar-refractivity contribution >= 4 is 17.4 Å². The van der Waals surface area contributed by atoms with Gasteiger partial charge < -0.3 is 15.5 Å². The number of urea groups is 1. The zero-order valence-electron chi connectivity index (χ0n) is 13.3. The molecule has 6 heteroatoms. The van der Waals surface area contributed by atoms with Crippen molar-refractivity contribution in [2.75, 3.05) is 23.3 Å². The van der Waals surface area contributed by atoms with Crippen molar-refractivity contribution in [3.05, 3.63) is 54.4 Å². The average Bonchev–Trinajstić information content (AvgIpc) is 2.63. The number of hydrogen-bond acceptors (Lipinski definition) is 4. The summed E-state index contributed by atoms with van der Waals surface area (Å²) < 4.78 is 0. The largest absolute Gasteiger partial charge is 0.370 e. The molecule has 1 aliphatic heterocycles. The van der Waals surface area contributed by atoms with Crippen LogP contribution in [-0.4, -0.2) is 30.1 Å². The number of rotatable bonds is 3. The van der Waals surface area contributed by atoms with Gasteiger partial charge in [-0.15, -0.1) is 0 Å². The Balaban J connectivity index is 1.48. The van der Waals surface area contributed by atoms with Crippen LogP contribution in [0.2, 0.25) is 0 Å². The zero-order valence-corrected chi connectivity index (χ0v) is 13.3. The number of benzene rings is 1. The molecule has 6 nitrogen and oxygen atoms in total. The fourth-order valence-corrected chi connectivity index (χ4v) is 2.80. The lowest BCUT2D eigenvalue weighted by Crippen LogP contribution is -2.46. The second-order valence-electron chi connectivity index (χ2n) is 5.74. The summed E-state index contributed by atoms with van der Waals surface area (Å²) in [6.45, 7) is 1.70. The van der Waals surface area contributed by atoms with Crippen molar-refractivity contribution in [2.45, 2.75) is 18.9 Å². The minimum Gasteiger partial charge on any atom is -0.370 e. The van der Waals surface area contributed by atoms with E-state index < -0.39 is 0 Å². The number of nitrogens with zero attached hydrogens (tertiary/aromatic N) is 3. The summed E-state index contributed by atoms with van der Waals surface area (Å²) >= 11 is 0. The van der Waals surface area contributed by atoms with E-state index in [4.69, 9.17) is 5.26 Å². The maximum atomic E-state index is 12.0. The third kappa shape index (κ3) is 4.02. The molecule has 2 N–H and O–H groups in total. The molecule has 122 valence electrons. The first kappa shape index (κ1) is 15.8. The highest BCUT2D eigenvalue weighted by Gasteiger charge is 2.21. The molecule has 1 aromatic heterocycles. The lowest BCUT2D eigenvalue weighted by Gasteiger charge is -2.33. The van der Waals surface area contributed by atoms with Crippen molar-refractivity contribution in [3.63, 3.8) is 0 Å². The molecular weight excluding hydrogens is 302 g/mol. The van der Waals surface area contributed by atoms with Gasteiger partial charge in [0.2, 0.25) is 0 Å². The summed E-state index contributed by atoms with van der Waals surface area (Å²) in [6, 6.07) is 15.1. The number of nitrogens with one attached hydrogen (secondary N) is 2. The van der Waals surface area contributed by atoms with Gasteiger partial charge in [-0.2, -0.15) is 5.26 Å². The quantitative estimate of drug-likeness (QED) is 0.911. The molecule has 1 saturated heterocycles. The predicted molar refractivity (Wildman–Crippen MR) is 92.8 cm³/mol. The first-order valence-electron chi connectivity index (χ1n) is 7.98. The maximum Gasteiger partial charge on any atom is 0.319 e. The average molecular weight is 321 g/mol. The highest BCUT2D eigenvalue weighted by molar-refractivity contribution is 5.89. The van der Waals surface area contributed by atoms with Crippen LogP contribution in [0.4, 0.5) is 16.2 Å². The first-order valence-corrected chi connectivity index (χ1v) is 7.98. The molecule has 0 unspecified atom stereocenters. The molecule has 2 heterocycles. The van der Waals surface area contributed by atoms with Crippen LogP contribution in [0.15, 0.2) is 48.7 Å². The van der Waals surface area contributed by atoms with Crippen molar-refractivity contribution in [1.82, 2.24) is 10.3 Å². The van der Waals surface area contributed by atoms with Gasteiger partial charge in [-0.25, -0.2) is 9.78 Å². The minimum atomic E-state index is -0.167. The first-order chi connectivity index (χ1) is 11.7. The Bertz CT molecular complexity index is 715. The number of hydrogen-bond donors (Lipinski definition) is 2. The van der Waals surface area contributed by atoms with Crippen molar-refractivity contribution in [2.24, 2.45) is 0 Å². The van der Waals surface area contributed by atoms with Gasteiger partial charge in [0.25, 0.3) is 0 Å². The number of nitriles is 1. The van der Waals surface area contributed by atoms with E-state index in [9.17, 15) is 4.79 Å². The molecule has 1 aromatic carbocycles. The summed E-state index contributed by atoms with van der Waals surface area (Å²) in [4.78, 5) is 18.4. The van der Waals surface area contributed by atoms with Crippen LogP contribution in [0.25, 0.3) is 0 Å². The van der Waals surface area contributed by atoms with Gasteiger partial charge in [0.05, 0.1) is 11.9 Å². The molecule has 1 fully saturated rings. The number of anilines is 2. The van der Waals surface area contributed by atoms with E-state index in [0.29, 0.717) is 5.69 Å². The van der Waals surface area contributed by atoms with Gasteiger partial charge >= 0.3 is 6.03 Å². The molecule has 0 radical (unpaired) electrons. The van der Waals surface area contributed by atoms with Crippen LogP contribution in [-0.2, 0) is 0 Å². The van der Waals surface area contributed by atoms with Crippen molar-refractivity contribution in [1.29, 1.82) is 5.26 Å².